The number of carboxylic acid groups (broad SMARTS) is 1. The van der Waals surface area contributed by atoms with Crippen LogP contribution in [0.4, 0.5) is 11.4 Å². The highest BCUT2D eigenvalue weighted by molar-refractivity contribution is 6.33. The summed E-state index contributed by atoms with van der Waals surface area (Å²) >= 11 is 6.55. The average molecular weight is 474 g/mol. The molecule has 1 aromatic carbocycles. The Kier molecular flexibility index (Phi) is 5.31. The summed E-state index contributed by atoms with van der Waals surface area (Å²) in [6.45, 7) is 0. The Bertz CT molecular complexity index is 1150. The van der Waals surface area contributed by atoms with Crippen LogP contribution in [0, 0.1) is 17.3 Å². The van der Waals surface area contributed by atoms with Gasteiger partial charge >= 0.3 is 5.97 Å². The maximum atomic E-state index is 13.4. The first-order valence-electron chi connectivity index (χ1n) is 11.3. The number of ether oxygens (including phenoxy) is 2. The van der Waals surface area contributed by atoms with E-state index in [1.54, 1.807) is 43.3 Å². The number of methoxy groups -OCH3 is 2. The molecule has 1 aromatic heterocycles. The molecule has 0 saturated heterocycles. The Morgan fingerprint density at radius 2 is 1.91 bits per heavy atom. The van der Waals surface area contributed by atoms with Crippen molar-refractivity contribution in [2.24, 2.45) is 17.3 Å². The number of anilines is 2. The second kappa shape index (κ2) is 7.94. The van der Waals surface area contributed by atoms with Gasteiger partial charge in [-0.2, -0.15) is 5.10 Å². The van der Waals surface area contributed by atoms with Crippen LogP contribution in [0.25, 0.3) is 0 Å². The van der Waals surface area contributed by atoms with Crippen molar-refractivity contribution >= 4 is 28.9 Å². The Labute approximate surface area is 196 Å². The summed E-state index contributed by atoms with van der Waals surface area (Å²) in [5, 5.41) is 17.3. The predicted octanol–water partition coefficient (Wildman–Crippen LogP) is 4.43. The van der Waals surface area contributed by atoms with E-state index in [0.717, 1.165) is 32.1 Å². The van der Waals surface area contributed by atoms with Crippen LogP contribution in [0.1, 0.15) is 44.9 Å². The van der Waals surface area contributed by atoms with Gasteiger partial charge < -0.3 is 19.9 Å². The highest BCUT2D eigenvalue weighted by Crippen LogP contribution is 2.65. The molecular formula is C24H28ClN3O5. The first-order chi connectivity index (χ1) is 15.8. The Morgan fingerprint density at radius 3 is 2.55 bits per heavy atom. The number of aliphatic carboxylic acids is 1. The van der Waals surface area contributed by atoms with Crippen molar-refractivity contribution in [2.75, 3.05) is 19.5 Å². The third-order valence-corrected chi connectivity index (χ3v) is 8.07. The van der Waals surface area contributed by atoms with E-state index < -0.39 is 11.5 Å². The number of carbonyl (C=O) groups is 1. The van der Waals surface area contributed by atoms with Crippen LogP contribution in [0.3, 0.4) is 0 Å². The van der Waals surface area contributed by atoms with Crippen LogP contribution in [0.5, 0.6) is 11.5 Å². The highest BCUT2D eigenvalue weighted by Gasteiger charge is 2.59. The van der Waals surface area contributed by atoms with Crippen molar-refractivity contribution in [3.05, 3.63) is 39.8 Å². The molecule has 33 heavy (non-hydrogen) atoms. The van der Waals surface area contributed by atoms with Crippen molar-refractivity contribution < 1.29 is 19.4 Å². The van der Waals surface area contributed by atoms with Gasteiger partial charge in [-0.25, -0.2) is 4.68 Å². The second-order valence-corrected chi connectivity index (χ2v) is 10.4. The maximum Gasteiger partial charge on any atom is 0.303 e. The van der Waals surface area contributed by atoms with Crippen LogP contribution in [0.15, 0.2) is 29.2 Å². The van der Waals surface area contributed by atoms with Crippen molar-refractivity contribution in [3.63, 3.8) is 0 Å². The van der Waals surface area contributed by atoms with Gasteiger partial charge in [0, 0.05) is 11.8 Å². The molecule has 0 unspecified atom stereocenters. The number of halogens is 1. The van der Waals surface area contributed by atoms with Gasteiger partial charge in [-0.1, -0.05) is 11.6 Å². The summed E-state index contributed by atoms with van der Waals surface area (Å²) in [4.78, 5) is 25.0. The van der Waals surface area contributed by atoms with Crippen LogP contribution in [-0.2, 0) is 10.3 Å². The molecule has 8 nitrogen and oxygen atoms in total. The first-order valence-corrected chi connectivity index (χ1v) is 11.6. The van der Waals surface area contributed by atoms with Gasteiger partial charge in [-0.05, 0) is 67.9 Å². The fourth-order valence-electron chi connectivity index (χ4n) is 7.10. The minimum atomic E-state index is -0.764. The number of nitrogens with zero attached hydrogens (tertiary/aromatic N) is 2. The lowest BCUT2D eigenvalue weighted by Gasteiger charge is -2.61. The summed E-state index contributed by atoms with van der Waals surface area (Å²) in [6, 6.07) is 5.33. The van der Waals surface area contributed by atoms with E-state index in [2.05, 4.69) is 10.4 Å². The fourth-order valence-corrected chi connectivity index (χ4v) is 7.28. The minimum Gasteiger partial charge on any atom is -0.493 e. The molecule has 1 heterocycles. The molecule has 2 aromatic rings. The zero-order valence-corrected chi connectivity index (χ0v) is 19.5. The van der Waals surface area contributed by atoms with E-state index in [0.29, 0.717) is 41.1 Å². The van der Waals surface area contributed by atoms with Crippen LogP contribution < -0.4 is 20.3 Å². The lowest BCUT2D eigenvalue weighted by atomic mass is 9.46. The Balaban J connectivity index is 1.47. The smallest absolute Gasteiger partial charge is 0.303 e. The van der Waals surface area contributed by atoms with Crippen molar-refractivity contribution in [1.82, 2.24) is 9.78 Å². The molecule has 0 amide bonds. The van der Waals surface area contributed by atoms with E-state index in [-0.39, 0.29) is 22.4 Å². The summed E-state index contributed by atoms with van der Waals surface area (Å²) in [6.07, 6.45) is 7.10. The summed E-state index contributed by atoms with van der Waals surface area (Å²) in [5.74, 6) is 1.25. The molecule has 0 radical (unpaired) electrons. The number of hydrogen-bond donors (Lipinski definition) is 2. The third-order valence-electron chi connectivity index (χ3n) is 7.71. The molecule has 4 fully saturated rings. The van der Waals surface area contributed by atoms with Gasteiger partial charge in [0.15, 0.2) is 11.5 Å². The van der Waals surface area contributed by atoms with Crippen LogP contribution in [0.2, 0.25) is 5.02 Å². The number of benzene rings is 1. The topological polar surface area (TPSA) is 103 Å². The Hall–Kier alpha value is -2.74. The number of hydrogen-bond acceptors (Lipinski definition) is 6. The maximum absolute atomic E-state index is 13.4. The number of rotatable bonds is 7. The van der Waals surface area contributed by atoms with Crippen LogP contribution in [-0.4, -0.2) is 35.1 Å². The molecule has 0 spiro atoms. The second-order valence-electron chi connectivity index (χ2n) is 10.0. The van der Waals surface area contributed by atoms with E-state index >= 15 is 0 Å². The molecule has 4 aliphatic carbocycles. The SMILES string of the molecule is COc1ccc(Nc2cnn(C34C[C@@H]5C[C@H](CC(CC(=O)O)(C5)C3)C4)c(=O)c2Cl)cc1OC. The van der Waals surface area contributed by atoms with Gasteiger partial charge in [-0.3, -0.25) is 9.59 Å². The molecule has 6 rings (SSSR count). The van der Waals surface area contributed by atoms with Gasteiger partial charge in [0.1, 0.15) is 5.02 Å². The van der Waals surface area contributed by atoms with Gasteiger partial charge in [0.05, 0.1) is 38.1 Å². The molecule has 4 bridgehead atoms. The summed E-state index contributed by atoms with van der Waals surface area (Å²) in [5.41, 5.74) is 0.0516. The zero-order chi connectivity index (χ0) is 23.4. The fraction of sp³-hybridized carbons (Fsp3) is 0.542. The first kappa shape index (κ1) is 22.1. The molecule has 4 saturated carbocycles. The van der Waals surface area contributed by atoms with Gasteiger partial charge in [0.25, 0.3) is 5.56 Å². The molecule has 0 aliphatic heterocycles. The molecule has 176 valence electrons. The normalized spacial score (nSPS) is 29.7. The van der Waals surface area contributed by atoms with E-state index in [9.17, 15) is 14.7 Å². The van der Waals surface area contributed by atoms with Crippen LogP contribution >= 0.6 is 11.6 Å². The number of carboxylic acids is 1. The van der Waals surface area contributed by atoms with E-state index in [4.69, 9.17) is 21.1 Å². The standard InChI is InChI=1S/C24H28ClN3O5/c1-32-18-4-3-16(6-19(18)33-2)27-17-12-26-28(22(31)21(17)25)24-9-14-5-15(10-24)8-23(7-14,13-24)11-20(29)30/h3-4,6,12,14-15,27H,5,7-11,13H2,1-2H3,(H,29,30)/t14-,15-,23?,24?/m1/s1. The number of nitrogens with one attached hydrogen (secondary N) is 1. The minimum absolute atomic E-state index is 0.0721. The number of aromatic nitrogens is 2. The third kappa shape index (κ3) is 3.74. The van der Waals surface area contributed by atoms with Crippen molar-refractivity contribution in [1.29, 1.82) is 0 Å². The lowest BCUT2D eigenvalue weighted by Crippen LogP contribution is -2.59. The zero-order valence-electron chi connectivity index (χ0n) is 18.8. The Morgan fingerprint density at radius 1 is 1.21 bits per heavy atom. The molecule has 4 aliphatic rings. The molecule has 2 atom stereocenters. The van der Waals surface area contributed by atoms with E-state index in [1.807, 2.05) is 0 Å². The summed E-state index contributed by atoms with van der Waals surface area (Å²) < 4.78 is 12.2. The average Bonchev–Trinajstić information content (AvgIpc) is 2.75. The van der Waals surface area contributed by atoms with Crippen molar-refractivity contribution in [3.8, 4) is 11.5 Å². The predicted molar refractivity (Wildman–Crippen MR) is 124 cm³/mol. The van der Waals surface area contributed by atoms with E-state index in [1.165, 1.54) is 0 Å². The molecular weight excluding hydrogens is 446 g/mol. The summed E-state index contributed by atoms with van der Waals surface area (Å²) in [7, 11) is 3.12. The van der Waals surface area contributed by atoms with Gasteiger partial charge in [-0.15, -0.1) is 0 Å². The monoisotopic (exact) mass is 473 g/mol. The van der Waals surface area contributed by atoms with Gasteiger partial charge in [0.2, 0.25) is 0 Å². The quantitative estimate of drug-likeness (QED) is 0.613. The largest absolute Gasteiger partial charge is 0.493 e. The highest BCUT2D eigenvalue weighted by atomic mass is 35.5. The lowest BCUT2D eigenvalue weighted by molar-refractivity contribution is -0.151. The molecule has 2 N–H and O–H groups in total. The van der Waals surface area contributed by atoms with Crippen molar-refractivity contribution in [2.45, 2.75) is 50.5 Å². The molecule has 9 heteroatoms.